The quantitative estimate of drug-likeness (QED) is 0.630. The predicted molar refractivity (Wildman–Crippen MR) is 111 cm³/mol. The first-order chi connectivity index (χ1) is 14.3. The van der Waals surface area contributed by atoms with Crippen LogP contribution >= 0.6 is 11.3 Å². The highest BCUT2D eigenvalue weighted by molar-refractivity contribution is 7.92. The van der Waals surface area contributed by atoms with Gasteiger partial charge in [-0.05, 0) is 41.5 Å². The molecule has 1 saturated heterocycles. The molecule has 0 radical (unpaired) electrons. The predicted octanol–water partition coefficient (Wildman–Crippen LogP) is 4.34. The topological polar surface area (TPSA) is 93.8 Å². The molecule has 4 rings (SSSR count). The largest absolute Gasteiger partial charge is 0.364 e. The smallest absolute Gasteiger partial charge is 0.166 e. The molecule has 0 bridgehead atoms. The lowest BCUT2D eigenvalue weighted by atomic mass is 10.1. The fraction of sp³-hybridized carbons (Fsp3) is 0.143. The molecule has 2 N–H and O–H groups in total. The van der Waals surface area contributed by atoms with E-state index in [-0.39, 0.29) is 16.3 Å². The van der Waals surface area contributed by atoms with E-state index in [9.17, 15) is 17.2 Å². The van der Waals surface area contributed by atoms with Crippen molar-refractivity contribution in [2.24, 2.45) is 0 Å². The minimum Gasteiger partial charge on any atom is -0.364 e. The minimum absolute atomic E-state index is 0.159. The second-order valence-electron chi connectivity index (χ2n) is 6.89. The van der Waals surface area contributed by atoms with Crippen LogP contribution in [0, 0.1) is 28.4 Å². The molecule has 0 spiro atoms. The second kappa shape index (κ2) is 7.63. The summed E-state index contributed by atoms with van der Waals surface area (Å²) in [6, 6.07) is 14.2. The Morgan fingerprint density at radius 1 is 1.13 bits per heavy atom. The molecule has 1 aromatic heterocycles. The molecule has 1 fully saturated rings. The van der Waals surface area contributed by atoms with Gasteiger partial charge in [0.15, 0.2) is 9.84 Å². The third-order valence-corrected chi connectivity index (χ3v) is 8.10. The normalized spacial score (nSPS) is 20.4. The Kier molecular flexibility index (Phi) is 5.13. The van der Waals surface area contributed by atoms with E-state index >= 15 is 0 Å². The summed E-state index contributed by atoms with van der Waals surface area (Å²) in [5, 5.41) is 18.7. The molecule has 5 nitrogen and oxygen atoms in total. The number of benzene rings is 2. The SMILES string of the molecule is N#Cc1cccc(-c2cc(F)c(C3CS(=O)(=O)[C@H](c4cccc(F)c4)C(=N)N3)s2)c1. The van der Waals surface area contributed by atoms with Crippen molar-refractivity contribution >= 4 is 27.0 Å². The summed E-state index contributed by atoms with van der Waals surface area (Å²) in [4.78, 5) is 0.718. The van der Waals surface area contributed by atoms with Crippen molar-refractivity contribution in [3.05, 3.63) is 82.2 Å². The molecule has 1 aliphatic heterocycles. The van der Waals surface area contributed by atoms with Crippen LogP contribution in [0.4, 0.5) is 8.78 Å². The number of halogens is 2. The van der Waals surface area contributed by atoms with Crippen LogP contribution in [-0.4, -0.2) is 20.0 Å². The molecule has 1 aliphatic rings. The number of thiophene rings is 1. The summed E-state index contributed by atoms with van der Waals surface area (Å²) < 4.78 is 54.1. The van der Waals surface area contributed by atoms with Gasteiger partial charge in [-0.15, -0.1) is 11.3 Å². The summed E-state index contributed by atoms with van der Waals surface area (Å²) in [7, 11) is -3.88. The molecule has 152 valence electrons. The van der Waals surface area contributed by atoms with Crippen LogP contribution in [0.1, 0.15) is 27.3 Å². The molecule has 2 atom stereocenters. The van der Waals surface area contributed by atoms with Crippen LogP contribution in [-0.2, 0) is 9.84 Å². The van der Waals surface area contributed by atoms with Gasteiger partial charge in [-0.25, -0.2) is 17.2 Å². The Morgan fingerprint density at radius 3 is 2.60 bits per heavy atom. The molecule has 9 heteroatoms. The summed E-state index contributed by atoms with van der Waals surface area (Å²) in [6.45, 7) is 0. The average Bonchev–Trinajstić information content (AvgIpc) is 3.08. The molecule has 3 aromatic rings. The minimum atomic E-state index is -3.88. The molecule has 0 amide bonds. The van der Waals surface area contributed by atoms with Crippen molar-refractivity contribution < 1.29 is 17.2 Å². The van der Waals surface area contributed by atoms with Crippen LogP contribution in [0.3, 0.4) is 0 Å². The number of nitriles is 1. The Labute approximate surface area is 176 Å². The number of sulfone groups is 1. The highest BCUT2D eigenvalue weighted by Crippen LogP contribution is 2.39. The number of nitrogens with one attached hydrogen (secondary N) is 2. The zero-order chi connectivity index (χ0) is 21.5. The lowest BCUT2D eigenvalue weighted by Gasteiger charge is -2.31. The van der Waals surface area contributed by atoms with Gasteiger partial charge in [0.25, 0.3) is 0 Å². The van der Waals surface area contributed by atoms with E-state index in [1.165, 1.54) is 24.3 Å². The maximum atomic E-state index is 14.7. The summed E-state index contributed by atoms with van der Waals surface area (Å²) in [5.41, 5.74) is 1.24. The van der Waals surface area contributed by atoms with Crippen molar-refractivity contribution in [3.8, 4) is 16.5 Å². The van der Waals surface area contributed by atoms with E-state index < -0.39 is 38.5 Å². The maximum absolute atomic E-state index is 14.7. The van der Waals surface area contributed by atoms with Crippen molar-refractivity contribution in [2.75, 3.05) is 5.75 Å². The third-order valence-electron chi connectivity index (χ3n) is 4.81. The van der Waals surface area contributed by atoms with Gasteiger partial charge in [0, 0.05) is 4.88 Å². The van der Waals surface area contributed by atoms with Gasteiger partial charge in [0.2, 0.25) is 0 Å². The van der Waals surface area contributed by atoms with Gasteiger partial charge in [-0.2, -0.15) is 5.26 Å². The van der Waals surface area contributed by atoms with Gasteiger partial charge in [-0.3, -0.25) is 5.41 Å². The zero-order valence-corrected chi connectivity index (χ0v) is 17.0. The number of hydrogen-bond acceptors (Lipinski definition) is 5. The van der Waals surface area contributed by atoms with Gasteiger partial charge in [-0.1, -0.05) is 24.3 Å². The van der Waals surface area contributed by atoms with E-state index in [0.29, 0.717) is 16.0 Å². The van der Waals surface area contributed by atoms with Gasteiger partial charge >= 0.3 is 0 Å². The van der Waals surface area contributed by atoms with Crippen molar-refractivity contribution in [1.82, 2.24) is 5.32 Å². The fourth-order valence-corrected chi connectivity index (χ4v) is 6.59. The fourth-order valence-electron chi connectivity index (χ4n) is 3.50. The van der Waals surface area contributed by atoms with E-state index in [4.69, 9.17) is 10.7 Å². The van der Waals surface area contributed by atoms with Crippen LogP contribution in [0.25, 0.3) is 10.4 Å². The van der Waals surface area contributed by atoms with Crippen molar-refractivity contribution in [3.63, 3.8) is 0 Å². The molecular weight excluding hydrogens is 428 g/mol. The molecular formula is C21H15F2N3O2S2. The third kappa shape index (κ3) is 3.72. The Hall–Kier alpha value is -3.09. The van der Waals surface area contributed by atoms with Crippen LogP contribution in [0.5, 0.6) is 0 Å². The highest BCUT2D eigenvalue weighted by Gasteiger charge is 2.41. The van der Waals surface area contributed by atoms with E-state index in [1.54, 1.807) is 24.3 Å². The van der Waals surface area contributed by atoms with Crippen LogP contribution < -0.4 is 5.32 Å². The standard InChI is InChI=1S/C21H15F2N3O2S2/c22-15-6-2-5-14(8-15)20-21(25)26-17(11-30(20,27)28)19-16(23)9-18(29-19)13-4-1-3-12(7-13)10-24/h1-9,17,20H,11H2,(H2,25,26)/t17?,20-/m1/s1. The summed E-state index contributed by atoms with van der Waals surface area (Å²) in [5.74, 6) is -1.92. The highest BCUT2D eigenvalue weighted by atomic mass is 32.2. The maximum Gasteiger partial charge on any atom is 0.166 e. The number of nitrogens with zero attached hydrogens (tertiary/aromatic N) is 1. The number of rotatable bonds is 3. The molecule has 0 saturated carbocycles. The Bertz CT molecular complexity index is 1300. The zero-order valence-electron chi connectivity index (χ0n) is 15.4. The lowest BCUT2D eigenvalue weighted by Crippen LogP contribution is -2.45. The molecule has 1 unspecified atom stereocenters. The summed E-state index contributed by atoms with van der Waals surface area (Å²) >= 11 is 1.07. The lowest BCUT2D eigenvalue weighted by molar-refractivity contribution is 0.552. The molecule has 2 aromatic carbocycles. The van der Waals surface area contributed by atoms with Crippen LogP contribution in [0.2, 0.25) is 0 Å². The van der Waals surface area contributed by atoms with Crippen molar-refractivity contribution in [1.29, 1.82) is 10.7 Å². The Balaban J connectivity index is 1.66. The van der Waals surface area contributed by atoms with Crippen molar-refractivity contribution in [2.45, 2.75) is 11.3 Å². The average molecular weight is 444 g/mol. The summed E-state index contributed by atoms with van der Waals surface area (Å²) in [6.07, 6.45) is 0. The van der Waals surface area contributed by atoms with Gasteiger partial charge < -0.3 is 5.32 Å². The van der Waals surface area contributed by atoms with E-state index in [0.717, 1.165) is 17.4 Å². The number of hydrogen-bond donors (Lipinski definition) is 2. The van der Waals surface area contributed by atoms with Gasteiger partial charge in [0.05, 0.1) is 28.3 Å². The van der Waals surface area contributed by atoms with E-state index in [1.807, 2.05) is 6.07 Å². The number of amidine groups is 1. The molecule has 0 aliphatic carbocycles. The first kappa shape index (κ1) is 20.2. The molecule has 2 heterocycles. The first-order valence-corrected chi connectivity index (χ1v) is 11.4. The second-order valence-corrected chi connectivity index (χ2v) is 10.1. The van der Waals surface area contributed by atoms with E-state index in [2.05, 4.69) is 5.32 Å². The first-order valence-electron chi connectivity index (χ1n) is 8.90. The Morgan fingerprint density at radius 2 is 1.90 bits per heavy atom. The molecule has 30 heavy (non-hydrogen) atoms. The monoisotopic (exact) mass is 443 g/mol. The van der Waals surface area contributed by atoms with Crippen LogP contribution in [0.15, 0.2) is 54.6 Å². The van der Waals surface area contributed by atoms with Gasteiger partial charge in [0.1, 0.15) is 22.7 Å².